The van der Waals surface area contributed by atoms with E-state index < -0.39 is 35.6 Å². The van der Waals surface area contributed by atoms with Gasteiger partial charge in [-0.15, -0.1) is 0 Å². The van der Waals surface area contributed by atoms with Crippen molar-refractivity contribution in [2.75, 3.05) is 0 Å². The fraction of sp³-hybridized carbons (Fsp3) is 0.264. The Morgan fingerprint density at radius 2 is 0.576 bits per heavy atom. The summed E-state index contributed by atoms with van der Waals surface area (Å²) in [5, 5.41) is 50.0. The van der Waals surface area contributed by atoms with Crippen molar-refractivity contribution in [1.29, 1.82) is 0 Å². The van der Waals surface area contributed by atoms with Crippen LogP contribution in [-0.2, 0) is 88.8 Å². The molecular weight excluding hydrogens is 2320 g/mol. The van der Waals surface area contributed by atoms with Gasteiger partial charge in [0.15, 0.2) is 0 Å². The van der Waals surface area contributed by atoms with Crippen LogP contribution in [0.3, 0.4) is 0 Å². The van der Waals surface area contributed by atoms with E-state index in [2.05, 4.69) is 265 Å². The molecule has 0 radical (unpaired) electrons. The van der Waals surface area contributed by atoms with Gasteiger partial charge >= 0.3 is 81.7 Å². The van der Waals surface area contributed by atoms with E-state index in [1.165, 1.54) is 50.1 Å². The Balaban J connectivity index is 0.000000164. The van der Waals surface area contributed by atoms with Gasteiger partial charge in [-0.25, -0.2) is 15.0 Å². The molecule has 0 N–H and O–H groups in total. The summed E-state index contributed by atoms with van der Waals surface area (Å²) in [7, 11) is 1.94. The van der Waals surface area contributed by atoms with Gasteiger partial charge < -0.3 is 74.9 Å². The van der Waals surface area contributed by atoms with Crippen LogP contribution < -0.4 is 30.6 Å². The van der Waals surface area contributed by atoms with Gasteiger partial charge in [-0.1, -0.05) is 245 Å². The third kappa shape index (κ3) is 24.9. The van der Waals surface area contributed by atoms with Crippen LogP contribution in [0.2, 0.25) is 0 Å². The SMILES string of the molecule is CC(C)c1cccc(C(C)C)c1-c1ccc2c(-c3cc(C(F)(F)F)n[n-]3)nccc2c1.CC(C)c1cccc(C(C)C)c1-c1ccc2c(-c3cc(C(F)(F)F)n[n-]3)nccc2c1.CC(C)c1cccc(C(C)C)c1-c1ccc2c(-c3cc(C(F)(F)F)n[n-]3)nccc2c1.Cc1cc(-c2nccn2-c2ccccc2)[n-]n1.Cc1cc(-c2nccn2C(C)C)[n-]n1.Cc1cc(-c2nccn2C)[n-]n1.[Pt+2].[Pt+2].[Pt+2]. The van der Waals surface area contributed by atoms with Gasteiger partial charge in [-0.2, -0.15) is 39.5 Å². The third-order valence-corrected chi connectivity index (χ3v) is 22.9. The number of hydrogen-bond acceptors (Lipinski definition) is 12. The van der Waals surface area contributed by atoms with Crippen molar-refractivity contribution in [3.8, 4) is 108 Å². The van der Waals surface area contributed by atoms with Gasteiger partial charge in [0.05, 0.1) is 17.1 Å². The fourth-order valence-electron chi connectivity index (χ4n) is 16.2. The number of halogens is 9. The van der Waals surface area contributed by atoms with Crippen LogP contribution in [0.5, 0.6) is 0 Å². The van der Waals surface area contributed by atoms with Crippen molar-refractivity contribution in [3.63, 3.8) is 0 Å². The van der Waals surface area contributed by atoms with Crippen LogP contribution in [0.4, 0.5) is 39.5 Å². The van der Waals surface area contributed by atoms with E-state index in [0.29, 0.717) is 58.6 Å². The number of aromatic nitrogens is 21. The smallest absolute Gasteiger partial charge is 0.573 e. The second-order valence-corrected chi connectivity index (χ2v) is 35.2. The number of fused-ring (bicyclic) bond motifs is 3. The summed E-state index contributed by atoms with van der Waals surface area (Å²) in [6, 6.07) is 62.0. The van der Waals surface area contributed by atoms with E-state index in [-0.39, 0.29) is 80.3 Å². The predicted molar refractivity (Wildman–Crippen MR) is 514 cm³/mol. The molecule has 33 heteroatoms. The Labute approximate surface area is 843 Å². The Morgan fingerprint density at radius 3 is 0.863 bits per heavy atom. The molecule has 0 aliphatic heterocycles. The molecule has 139 heavy (non-hydrogen) atoms. The molecule has 0 aliphatic rings. The summed E-state index contributed by atoms with van der Waals surface area (Å²) < 4.78 is 123. The maximum absolute atomic E-state index is 13.0. The molecule has 12 heterocycles. The molecule has 19 aromatic rings. The molecule has 724 valence electrons. The topological polar surface area (TPSA) is 254 Å². The zero-order valence-electron chi connectivity index (χ0n) is 79.5. The maximum atomic E-state index is 13.0. The third-order valence-electron chi connectivity index (χ3n) is 22.9. The number of benzene rings is 7. The van der Waals surface area contributed by atoms with Crippen molar-refractivity contribution in [2.45, 2.75) is 178 Å². The Hall–Kier alpha value is -12.9. The zero-order chi connectivity index (χ0) is 97.4. The fourth-order valence-corrected chi connectivity index (χ4v) is 16.2. The minimum Gasteiger partial charge on any atom is -0.573 e. The van der Waals surface area contributed by atoms with Crippen LogP contribution >= 0.6 is 0 Å². The Bertz CT molecular complexity index is 6760. The molecule has 0 spiro atoms. The van der Waals surface area contributed by atoms with Crippen LogP contribution in [0, 0.1) is 20.8 Å². The van der Waals surface area contributed by atoms with E-state index in [0.717, 1.165) is 125 Å². The number of nitrogens with zero attached hydrogens (tertiary/aromatic N) is 21. The van der Waals surface area contributed by atoms with Gasteiger partial charge in [0.25, 0.3) is 0 Å². The molecule has 0 bridgehead atoms. The van der Waals surface area contributed by atoms with Gasteiger partial charge in [-0.05, 0) is 220 Å². The summed E-state index contributed by atoms with van der Waals surface area (Å²) in [5.74, 6) is 4.72. The van der Waals surface area contributed by atoms with Crippen LogP contribution in [0.15, 0.2) is 250 Å². The van der Waals surface area contributed by atoms with Gasteiger partial charge in [0, 0.05) is 108 Å². The minimum absolute atomic E-state index is 0. The van der Waals surface area contributed by atoms with Crippen LogP contribution in [0.1, 0.15) is 206 Å². The molecule has 0 atom stereocenters. The number of para-hydroxylation sites is 1. The van der Waals surface area contributed by atoms with E-state index in [1.54, 1.807) is 37.2 Å². The standard InChI is InChI=1S/3C25H23F3N3.C13H11N4.C10H13N4.C8H9N4.3Pt/c3*1-14(2)18-6-5-7-19(15(3)4)23(18)17-8-9-20-16(12-17)10-11-29-24(20)21-13-22(31-30-21)25(26,27)28;1-10-9-12(16-15-10)13-14-7-8-17(13)11-5-3-2-4-6-11;1-7(2)14-5-4-11-10(14)9-6-8(3)12-13-9;1-6-5-7(11-10-6)8-9-3-4-12(8)2;;;/h3*5-15H,1-4H3;2-9H,1H3;4-7H,1-3H3;3-5H,1-2H3;;;/q6*-1;3*+2. The molecule has 0 fully saturated rings. The van der Waals surface area contributed by atoms with Gasteiger partial charge in [0.1, 0.15) is 34.6 Å². The number of imidazole rings is 3. The molecule has 19 rings (SSSR count). The van der Waals surface area contributed by atoms with Gasteiger partial charge in [-0.3, -0.25) is 15.0 Å². The van der Waals surface area contributed by atoms with Crippen LogP contribution in [0.25, 0.3) is 140 Å². The van der Waals surface area contributed by atoms with Crippen LogP contribution in [-0.4, -0.2) is 74.2 Å². The molecule has 21 nitrogen and oxygen atoms in total. The summed E-state index contributed by atoms with van der Waals surface area (Å²) in [6.07, 6.45) is 2.29. The predicted octanol–water partition coefficient (Wildman–Crippen LogP) is 26.3. The first-order valence-electron chi connectivity index (χ1n) is 44.6. The van der Waals surface area contributed by atoms with Crippen molar-refractivity contribution < 1.29 is 103 Å². The molecule has 0 amide bonds. The van der Waals surface area contributed by atoms with Crippen molar-refractivity contribution >= 4 is 32.3 Å². The second-order valence-electron chi connectivity index (χ2n) is 35.2. The normalized spacial score (nSPS) is 11.6. The van der Waals surface area contributed by atoms with E-state index >= 15 is 0 Å². The molecule has 7 aromatic carbocycles. The maximum Gasteiger partial charge on any atom is 2.00 e. The number of alkyl halides is 9. The first-order valence-corrected chi connectivity index (χ1v) is 44.6. The van der Waals surface area contributed by atoms with Crippen molar-refractivity contribution in [1.82, 2.24) is 105 Å². The van der Waals surface area contributed by atoms with E-state index in [1.807, 2.05) is 159 Å². The monoisotopic (exact) mass is 2420 g/mol. The Morgan fingerprint density at radius 1 is 0.281 bits per heavy atom. The molecular formula is C106H102F9N21Pt3. The molecule has 0 saturated heterocycles. The summed E-state index contributed by atoms with van der Waals surface area (Å²) in [4.78, 5) is 25.7. The minimum atomic E-state index is -4.53. The van der Waals surface area contributed by atoms with Gasteiger partial charge in [0.2, 0.25) is 0 Å². The largest absolute Gasteiger partial charge is 2.00 e. The average Bonchev–Trinajstić information content (AvgIpc) is 1.76. The van der Waals surface area contributed by atoms with E-state index in [9.17, 15) is 39.5 Å². The number of pyridine rings is 3. The zero-order valence-corrected chi connectivity index (χ0v) is 86.3. The Kier molecular flexibility index (Phi) is 35.1. The quantitative estimate of drug-likeness (QED) is 0.0768. The molecule has 0 saturated carbocycles. The first kappa shape index (κ1) is 107. The van der Waals surface area contributed by atoms with Crippen molar-refractivity contribution in [2.24, 2.45) is 7.05 Å². The molecule has 0 unspecified atom stereocenters. The molecule has 12 aromatic heterocycles. The number of aryl methyl sites for hydroxylation is 4. The summed E-state index contributed by atoms with van der Waals surface area (Å²) in [5.41, 5.74) is 19.4. The summed E-state index contributed by atoms with van der Waals surface area (Å²) in [6.45, 7) is 36.2. The number of rotatable bonds is 17. The second kappa shape index (κ2) is 45.8. The number of hydrogen-bond donors (Lipinski definition) is 0. The van der Waals surface area contributed by atoms with Crippen molar-refractivity contribution in [3.05, 3.63) is 317 Å². The van der Waals surface area contributed by atoms with E-state index in [4.69, 9.17) is 0 Å². The molecule has 0 aliphatic carbocycles. The average molecular weight is 2430 g/mol. The first-order chi connectivity index (χ1) is 64.8. The summed E-state index contributed by atoms with van der Waals surface area (Å²) >= 11 is 0.